The summed E-state index contributed by atoms with van der Waals surface area (Å²) < 4.78 is 5.67. The molecule has 5 rings (SSSR count). The highest BCUT2D eigenvalue weighted by Crippen LogP contribution is 2.38. The molecular weight excluding hydrogens is 406 g/mol. The highest BCUT2D eigenvalue weighted by Gasteiger charge is 2.23. The van der Waals surface area contributed by atoms with Gasteiger partial charge in [0.25, 0.3) is 0 Å². The second-order valence-corrected chi connectivity index (χ2v) is 8.74. The van der Waals surface area contributed by atoms with Gasteiger partial charge < -0.3 is 9.64 Å². The predicted molar refractivity (Wildman–Crippen MR) is 127 cm³/mol. The summed E-state index contributed by atoms with van der Waals surface area (Å²) in [5, 5.41) is 8.32. The number of hydrogen-bond acceptors (Lipinski definition) is 6. The van der Waals surface area contributed by atoms with Crippen LogP contribution in [0.5, 0.6) is 0 Å². The van der Waals surface area contributed by atoms with Gasteiger partial charge in [-0.05, 0) is 61.1 Å². The molecule has 4 heterocycles. The van der Waals surface area contributed by atoms with Crippen LogP contribution in [0.4, 0.5) is 5.82 Å². The maximum atomic E-state index is 5.67. The van der Waals surface area contributed by atoms with Gasteiger partial charge in [-0.3, -0.25) is 10.1 Å². The van der Waals surface area contributed by atoms with Crippen molar-refractivity contribution in [2.75, 3.05) is 30.9 Å². The van der Waals surface area contributed by atoms with E-state index in [-0.39, 0.29) is 6.04 Å². The van der Waals surface area contributed by atoms with Gasteiger partial charge in [-0.25, -0.2) is 4.98 Å². The van der Waals surface area contributed by atoms with Gasteiger partial charge in [0, 0.05) is 29.2 Å². The first-order chi connectivity index (χ1) is 15.2. The van der Waals surface area contributed by atoms with E-state index in [0.29, 0.717) is 13.2 Å². The summed E-state index contributed by atoms with van der Waals surface area (Å²) in [6.07, 6.45) is 5.79. The van der Waals surface area contributed by atoms with Crippen molar-refractivity contribution >= 4 is 28.5 Å². The van der Waals surface area contributed by atoms with Crippen LogP contribution in [-0.4, -0.2) is 52.2 Å². The summed E-state index contributed by atoms with van der Waals surface area (Å²) in [5.74, 6) is 0.959. The predicted octanol–water partition coefficient (Wildman–Crippen LogP) is 4.94. The van der Waals surface area contributed by atoms with Crippen molar-refractivity contribution in [1.29, 1.82) is 0 Å². The Morgan fingerprint density at radius 3 is 2.90 bits per heavy atom. The molecule has 1 N–H and O–H groups in total. The lowest BCUT2D eigenvalue weighted by molar-refractivity contribution is 0.0986. The molecule has 4 aromatic rings. The second kappa shape index (κ2) is 8.32. The molecule has 0 radical (unpaired) electrons. The molecule has 0 spiro atoms. The number of anilines is 1. The number of fused-ring (bicyclic) bond motifs is 1. The van der Waals surface area contributed by atoms with Crippen molar-refractivity contribution in [2.24, 2.45) is 0 Å². The molecule has 1 atom stereocenters. The molecule has 158 valence electrons. The molecule has 0 bridgehead atoms. The Bertz CT molecular complexity index is 1220. The topological polar surface area (TPSA) is 66.9 Å². The largest absolute Gasteiger partial charge is 0.377 e. The maximum absolute atomic E-state index is 5.67. The zero-order chi connectivity index (χ0) is 21.4. The summed E-state index contributed by atoms with van der Waals surface area (Å²) in [7, 11) is 0. The van der Waals surface area contributed by atoms with E-state index in [2.05, 4.69) is 65.5 Å². The third kappa shape index (κ3) is 3.68. The Labute approximate surface area is 186 Å². The normalized spacial score (nSPS) is 16.7. The molecule has 1 fully saturated rings. The van der Waals surface area contributed by atoms with Crippen molar-refractivity contribution in [3.05, 3.63) is 54.4 Å². The number of morpholine rings is 1. The molecule has 7 heteroatoms. The minimum Gasteiger partial charge on any atom is -0.377 e. The van der Waals surface area contributed by atoms with Crippen LogP contribution in [0, 0.1) is 6.92 Å². The standard InChI is InChI=1S/C24H25N5OS/c1-15-13-25-23(20-7-8-26-28-20)24-22(15)19(17-5-4-6-18(11-17)31-3)12-21(27-24)29-9-10-30-14-16(29)2/h4-8,11-13,16H,9-10,14H2,1-3H3,(H,26,28). The van der Waals surface area contributed by atoms with Crippen molar-refractivity contribution in [1.82, 2.24) is 20.2 Å². The van der Waals surface area contributed by atoms with Crippen LogP contribution in [-0.2, 0) is 4.74 Å². The number of aromatic nitrogens is 4. The van der Waals surface area contributed by atoms with E-state index in [4.69, 9.17) is 14.7 Å². The molecule has 1 aliphatic heterocycles. The lowest BCUT2D eigenvalue weighted by atomic mass is 9.97. The molecule has 6 nitrogen and oxygen atoms in total. The van der Waals surface area contributed by atoms with E-state index in [9.17, 15) is 0 Å². The zero-order valence-electron chi connectivity index (χ0n) is 17.9. The third-order valence-electron chi connectivity index (χ3n) is 5.81. The van der Waals surface area contributed by atoms with Gasteiger partial charge in [0.15, 0.2) is 0 Å². The maximum Gasteiger partial charge on any atom is 0.130 e. The Balaban J connectivity index is 1.82. The minimum absolute atomic E-state index is 0.262. The van der Waals surface area contributed by atoms with Gasteiger partial charge in [-0.1, -0.05) is 12.1 Å². The molecule has 3 aromatic heterocycles. The number of benzene rings is 1. The van der Waals surface area contributed by atoms with Crippen LogP contribution >= 0.6 is 11.8 Å². The Morgan fingerprint density at radius 1 is 1.23 bits per heavy atom. The number of ether oxygens (including phenoxy) is 1. The number of hydrogen-bond donors (Lipinski definition) is 1. The minimum atomic E-state index is 0.262. The fourth-order valence-corrected chi connectivity index (χ4v) is 4.67. The first-order valence-electron chi connectivity index (χ1n) is 10.4. The average molecular weight is 432 g/mol. The van der Waals surface area contributed by atoms with Crippen molar-refractivity contribution in [3.8, 4) is 22.5 Å². The average Bonchev–Trinajstić information content (AvgIpc) is 3.33. The molecule has 0 amide bonds. The molecule has 1 aliphatic rings. The van der Waals surface area contributed by atoms with Gasteiger partial charge in [-0.2, -0.15) is 5.10 Å². The Kier molecular flexibility index (Phi) is 5.38. The van der Waals surface area contributed by atoms with Crippen LogP contribution in [0.3, 0.4) is 0 Å². The van der Waals surface area contributed by atoms with E-state index in [1.165, 1.54) is 16.0 Å². The van der Waals surface area contributed by atoms with Crippen LogP contribution in [0.25, 0.3) is 33.4 Å². The van der Waals surface area contributed by atoms with Gasteiger partial charge in [0.05, 0.1) is 24.9 Å². The van der Waals surface area contributed by atoms with Crippen LogP contribution < -0.4 is 4.90 Å². The zero-order valence-corrected chi connectivity index (χ0v) is 18.7. The van der Waals surface area contributed by atoms with E-state index < -0.39 is 0 Å². The van der Waals surface area contributed by atoms with Crippen molar-refractivity contribution in [3.63, 3.8) is 0 Å². The van der Waals surface area contributed by atoms with Crippen LogP contribution in [0.2, 0.25) is 0 Å². The number of rotatable bonds is 4. The smallest absolute Gasteiger partial charge is 0.130 e. The van der Waals surface area contributed by atoms with Crippen molar-refractivity contribution in [2.45, 2.75) is 24.8 Å². The number of nitrogens with zero attached hydrogens (tertiary/aromatic N) is 4. The number of pyridine rings is 2. The quantitative estimate of drug-likeness (QED) is 0.462. The Morgan fingerprint density at radius 2 is 2.13 bits per heavy atom. The monoisotopic (exact) mass is 431 g/mol. The van der Waals surface area contributed by atoms with E-state index in [1.54, 1.807) is 18.0 Å². The second-order valence-electron chi connectivity index (χ2n) is 7.86. The van der Waals surface area contributed by atoms with Gasteiger partial charge in [0.2, 0.25) is 0 Å². The summed E-state index contributed by atoms with van der Waals surface area (Å²) in [6, 6.07) is 13.1. The summed E-state index contributed by atoms with van der Waals surface area (Å²) in [4.78, 5) is 13.5. The van der Waals surface area contributed by atoms with Gasteiger partial charge in [0.1, 0.15) is 17.0 Å². The van der Waals surface area contributed by atoms with Crippen molar-refractivity contribution < 1.29 is 4.74 Å². The Hall–Kier alpha value is -2.90. The number of H-pyrrole nitrogens is 1. The summed E-state index contributed by atoms with van der Waals surface area (Å²) in [6.45, 7) is 6.52. The SMILES string of the molecule is CSc1cccc(-c2cc(N3CCOCC3C)nc3c(-c4ccn[nH]4)ncc(C)c23)c1. The van der Waals surface area contributed by atoms with Crippen LogP contribution in [0.1, 0.15) is 12.5 Å². The number of thioether (sulfide) groups is 1. The molecule has 1 aromatic carbocycles. The van der Waals surface area contributed by atoms with E-state index >= 15 is 0 Å². The molecule has 1 unspecified atom stereocenters. The molecule has 31 heavy (non-hydrogen) atoms. The first kappa shape index (κ1) is 20.0. The fraction of sp³-hybridized carbons (Fsp3) is 0.292. The lowest BCUT2D eigenvalue weighted by Gasteiger charge is -2.34. The summed E-state index contributed by atoms with van der Waals surface area (Å²) >= 11 is 1.75. The number of aryl methyl sites for hydroxylation is 1. The molecule has 0 aliphatic carbocycles. The van der Waals surface area contributed by atoms with E-state index in [1.807, 2.05) is 12.3 Å². The number of aromatic amines is 1. The summed E-state index contributed by atoms with van der Waals surface area (Å²) in [5.41, 5.74) is 6.06. The fourth-order valence-electron chi connectivity index (χ4n) is 4.21. The third-order valence-corrected chi connectivity index (χ3v) is 6.54. The molecule has 0 saturated carbocycles. The van der Waals surface area contributed by atoms with Gasteiger partial charge >= 0.3 is 0 Å². The lowest BCUT2D eigenvalue weighted by Crippen LogP contribution is -2.44. The highest BCUT2D eigenvalue weighted by atomic mass is 32.2. The number of nitrogens with one attached hydrogen (secondary N) is 1. The molecular formula is C24H25N5OS. The first-order valence-corrected chi connectivity index (χ1v) is 11.7. The van der Waals surface area contributed by atoms with E-state index in [0.717, 1.165) is 40.2 Å². The van der Waals surface area contributed by atoms with Crippen LogP contribution in [0.15, 0.2) is 53.7 Å². The highest BCUT2D eigenvalue weighted by molar-refractivity contribution is 7.98. The molecule has 1 saturated heterocycles. The van der Waals surface area contributed by atoms with Gasteiger partial charge in [-0.15, -0.1) is 11.8 Å².